The standard InChI is InChI=1S/C19H16F12O5/c1-7(16(20,21)22)12(32)35-11-4-9-3-10(6-15(34,18(26,27)28)19(29,30)31)14(11,5-9)36-13(33)8(2)17(23,24)25/h9-11,34H,1-6H2. The smallest absolute Gasteiger partial charge is 0.426 e. The summed E-state index contributed by atoms with van der Waals surface area (Å²) < 4.78 is 166. The van der Waals surface area contributed by atoms with Crippen molar-refractivity contribution in [2.75, 3.05) is 0 Å². The first-order chi connectivity index (χ1) is 15.9. The third-order valence-electron chi connectivity index (χ3n) is 6.20. The normalized spacial score (nSPS) is 27.1. The van der Waals surface area contributed by atoms with Gasteiger partial charge in [-0.05, 0) is 25.2 Å². The number of carbonyl (C=O) groups excluding carboxylic acids is 2. The maximum Gasteiger partial charge on any atom is 0.426 e. The fraction of sp³-hybridized carbons (Fsp3) is 0.684. The van der Waals surface area contributed by atoms with E-state index in [-0.39, 0.29) is 0 Å². The fourth-order valence-corrected chi connectivity index (χ4v) is 4.39. The molecule has 2 aliphatic carbocycles. The summed E-state index contributed by atoms with van der Waals surface area (Å²) in [7, 11) is 0. The van der Waals surface area contributed by atoms with Crippen LogP contribution in [0.15, 0.2) is 24.3 Å². The van der Waals surface area contributed by atoms with Crippen LogP contribution in [0.25, 0.3) is 0 Å². The molecule has 5 nitrogen and oxygen atoms in total. The first-order valence-electron chi connectivity index (χ1n) is 9.69. The molecular weight excluding hydrogens is 536 g/mol. The Labute approximate surface area is 193 Å². The van der Waals surface area contributed by atoms with Crippen LogP contribution in [0.2, 0.25) is 0 Å². The zero-order chi connectivity index (χ0) is 28.3. The van der Waals surface area contributed by atoms with Gasteiger partial charge in [0, 0.05) is 12.3 Å². The van der Waals surface area contributed by atoms with Gasteiger partial charge in [-0.15, -0.1) is 0 Å². The number of ether oxygens (including phenoxy) is 2. The van der Waals surface area contributed by atoms with Crippen LogP contribution in [-0.4, -0.2) is 59.1 Å². The van der Waals surface area contributed by atoms with E-state index in [0.29, 0.717) is 0 Å². The molecule has 2 rings (SSSR count). The van der Waals surface area contributed by atoms with Gasteiger partial charge in [0.05, 0.1) is 0 Å². The SMILES string of the molecule is C=C(C(=O)OC1CC2CC(CC(O)(C(F)(F)F)C(F)(F)F)C1(OC(=O)C(=C)C(F)(F)F)C2)C(F)(F)F. The van der Waals surface area contributed by atoms with Gasteiger partial charge in [0.25, 0.3) is 5.60 Å². The van der Waals surface area contributed by atoms with Gasteiger partial charge < -0.3 is 14.6 Å². The Hall–Kier alpha value is -2.46. The van der Waals surface area contributed by atoms with E-state index in [0.717, 1.165) is 0 Å². The number of esters is 2. The minimum Gasteiger partial charge on any atom is -0.454 e. The lowest BCUT2D eigenvalue weighted by molar-refractivity contribution is -0.375. The number of hydrogen-bond donors (Lipinski definition) is 1. The van der Waals surface area contributed by atoms with E-state index in [4.69, 9.17) is 0 Å². The lowest BCUT2D eigenvalue weighted by atomic mass is 9.75. The molecule has 4 unspecified atom stereocenters. The molecule has 4 atom stereocenters. The summed E-state index contributed by atoms with van der Waals surface area (Å²) in [4.78, 5) is 23.9. The third-order valence-corrected chi connectivity index (χ3v) is 6.20. The number of aliphatic hydroxyl groups is 1. The zero-order valence-electron chi connectivity index (χ0n) is 17.6. The first-order valence-corrected chi connectivity index (χ1v) is 9.69. The summed E-state index contributed by atoms with van der Waals surface area (Å²) in [6, 6.07) is 0. The average Bonchev–Trinajstić information content (AvgIpc) is 3.17. The highest BCUT2D eigenvalue weighted by Crippen LogP contribution is 2.60. The number of hydrogen-bond acceptors (Lipinski definition) is 5. The average molecular weight is 552 g/mol. The second kappa shape index (κ2) is 8.83. The van der Waals surface area contributed by atoms with E-state index in [1.54, 1.807) is 0 Å². The summed E-state index contributed by atoms with van der Waals surface area (Å²) in [5, 5.41) is 9.56. The Morgan fingerprint density at radius 1 is 0.806 bits per heavy atom. The quantitative estimate of drug-likeness (QED) is 0.283. The van der Waals surface area contributed by atoms with E-state index in [1.807, 2.05) is 0 Å². The molecule has 0 aliphatic heterocycles. The summed E-state index contributed by atoms with van der Waals surface area (Å²) in [6.45, 7) is 4.80. The van der Waals surface area contributed by atoms with E-state index < -0.39 is 103 Å². The number of rotatable bonds is 6. The molecule has 0 aromatic heterocycles. The number of carbonyl (C=O) groups is 2. The molecule has 0 heterocycles. The first kappa shape index (κ1) is 29.8. The van der Waals surface area contributed by atoms with Crippen molar-refractivity contribution in [3.05, 3.63) is 24.3 Å². The molecule has 0 saturated heterocycles. The lowest BCUT2D eigenvalue weighted by Gasteiger charge is -2.43. The van der Waals surface area contributed by atoms with Gasteiger partial charge in [0.15, 0.2) is 5.60 Å². The molecule has 17 heteroatoms. The minimum absolute atomic E-state index is 0.574. The maximum atomic E-state index is 13.2. The summed E-state index contributed by atoms with van der Waals surface area (Å²) >= 11 is 0. The predicted octanol–water partition coefficient (Wildman–Crippen LogP) is 5.09. The summed E-state index contributed by atoms with van der Waals surface area (Å²) in [6.07, 6.45) is -30.1. The van der Waals surface area contributed by atoms with Gasteiger partial charge in [-0.3, -0.25) is 0 Å². The molecule has 1 N–H and O–H groups in total. The van der Waals surface area contributed by atoms with Crippen LogP contribution >= 0.6 is 0 Å². The molecular formula is C19H16F12O5. The van der Waals surface area contributed by atoms with Crippen molar-refractivity contribution >= 4 is 11.9 Å². The molecule has 2 aliphatic rings. The van der Waals surface area contributed by atoms with Crippen LogP contribution in [0.5, 0.6) is 0 Å². The second-order valence-corrected chi connectivity index (χ2v) is 8.49. The molecule has 0 amide bonds. The Morgan fingerprint density at radius 2 is 1.25 bits per heavy atom. The van der Waals surface area contributed by atoms with Gasteiger partial charge in [-0.1, -0.05) is 13.2 Å². The van der Waals surface area contributed by atoms with Crippen LogP contribution in [0.3, 0.4) is 0 Å². The molecule has 2 saturated carbocycles. The van der Waals surface area contributed by atoms with Crippen molar-refractivity contribution < 1.29 is 76.9 Å². The topological polar surface area (TPSA) is 72.8 Å². The van der Waals surface area contributed by atoms with E-state index in [1.165, 1.54) is 0 Å². The van der Waals surface area contributed by atoms with Crippen LogP contribution in [0, 0.1) is 11.8 Å². The maximum absolute atomic E-state index is 13.2. The Bertz CT molecular complexity index is 915. The largest absolute Gasteiger partial charge is 0.454 e. The monoisotopic (exact) mass is 552 g/mol. The Balaban J connectivity index is 2.53. The van der Waals surface area contributed by atoms with E-state index in [9.17, 15) is 67.4 Å². The van der Waals surface area contributed by atoms with Crippen LogP contribution in [0.1, 0.15) is 25.7 Å². The molecule has 2 fully saturated rings. The molecule has 2 bridgehead atoms. The minimum atomic E-state index is -6.37. The second-order valence-electron chi connectivity index (χ2n) is 8.49. The molecule has 36 heavy (non-hydrogen) atoms. The fourth-order valence-electron chi connectivity index (χ4n) is 4.39. The lowest BCUT2D eigenvalue weighted by Crippen LogP contribution is -2.61. The van der Waals surface area contributed by atoms with Gasteiger partial charge in [-0.25, -0.2) is 9.59 Å². The van der Waals surface area contributed by atoms with Crippen molar-refractivity contribution in [1.82, 2.24) is 0 Å². The number of alkyl halides is 12. The number of halogens is 12. The van der Waals surface area contributed by atoms with E-state index >= 15 is 0 Å². The Kier molecular flexibility index (Phi) is 7.30. The summed E-state index contributed by atoms with van der Waals surface area (Å²) in [5.41, 5.74) is -12.7. The summed E-state index contributed by atoms with van der Waals surface area (Å²) in [5.74, 6) is -7.91. The molecule has 0 aromatic carbocycles. The van der Waals surface area contributed by atoms with Crippen molar-refractivity contribution in [2.45, 2.75) is 67.7 Å². The third kappa shape index (κ3) is 5.29. The van der Waals surface area contributed by atoms with Crippen molar-refractivity contribution in [3.63, 3.8) is 0 Å². The highest BCUT2D eigenvalue weighted by molar-refractivity contribution is 5.90. The number of fused-ring (bicyclic) bond motifs is 2. The van der Waals surface area contributed by atoms with Crippen LogP contribution < -0.4 is 0 Å². The van der Waals surface area contributed by atoms with Gasteiger partial charge in [-0.2, -0.15) is 52.7 Å². The van der Waals surface area contributed by atoms with Crippen LogP contribution in [-0.2, 0) is 19.1 Å². The Morgan fingerprint density at radius 3 is 1.67 bits per heavy atom. The van der Waals surface area contributed by atoms with Crippen molar-refractivity contribution in [1.29, 1.82) is 0 Å². The van der Waals surface area contributed by atoms with E-state index in [2.05, 4.69) is 22.6 Å². The van der Waals surface area contributed by atoms with Crippen LogP contribution in [0.4, 0.5) is 52.7 Å². The molecule has 0 radical (unpaired) electrons. The molecule has 0 aromatic rings. The van der Waals surface area contributed by atoms with Gasteiger partial charge >= 0.3 is 36.6 Å². The molecule has 0 spiro atoms. The predicted molar refractivity (Wildman–Crippen MR) is 91.6 cm³/mol. The van der Waals surface area contributed by atoms with Crippen molar-refractivity contribution in [2.24, 2.45) is 11.8 Å². The van der Waals surface area contributed by atoms with Gasteiger partial charge in [0.1, 0.15) is 17.3 Å². The highest BCUT2D eigenvalue weighted by atomic mass is 19.4. The zero-order valence-corrected chi connectivity index (χ0v) is 17.6. The van der Waals surface area contributed by atoms with Crippen molar-refractivity contribution in [3.8, 4) is 0 Å². The molecule has 206 valence electrons. The van der Waals surface area contributed by atoms with Gasteiger partial charge in [0.2, 0.25) is 0 Å². The highest BCUT2D eigenvalue weighted by Gasteiger charge is 2.74.